The summed E-state index contributed by atoms with van der Waals surface area (Å²) in [5.74, 6) is -1.99. The highest BCUT2D eigenvalue weighted by atomic mass is 16.5. The molecular formula is C15H21N3O5. The highest BCUT2D eigenvalue weighted by Gasteiger charge is 2.27. The summed E-state index contributed by atoms with van der Waals surface area (Å²) < 4.78 is 9.51. The molecule has 0 saturated carbocycles. The minimum absolute atomic E-state index is 0.00911. The third kappa shape index (κ3) is 5.65. The molecule has 1 aromatic rings. The Morgan fingerprint density at radius 3 is 2.48 bits per heavy atom. The first-order chi connectivity index (χ1) is 10.9. The number of carbonyl (C=O) groups excluding carboxylic acids is 3. The Morgan fingerprint density at radius 2 is 1.96 bits per heavy atom. The van der Waals surface area contributed by atoms with Crippen LogP contribution in [0.3, 0.4) is 0 Å². The fourth-order valence-electron chi connectivity index (χ4n) is 1.71. The molecule has 23 heavy (non-hydrogen) atoms. The molecule has 8 heteroatoms. The lowest BCUT2D eigenvalue weighted by atomic mass is 9.99. The summed E-state index contributed by atoms with van der Waals surface area (Å²) in [6.45, 7) is 4.92. The molecule has 0 aliphatic heterocycles. The minimum Gasteiger partial charge on any atom is -0.467 e. The maximum absolute atomic E-state index is 11.9. The van der Waals surface area contributed by atoms with Crippen molar-refractivity contribution in [3.63, 3.8) is 0 Å². The van der Waals surface area contributed by atoms with E-state index in [-0.39, 0.29) is 11.6 Å². The van der Waals surface area contributed by atoms with E-state index in [1.165, 1.54) is 19.5 Å². The summed E-state index contributed by atoms with van der Waals surface area (Å²) in [6, 6.07) is -0.782. The van der Waals surface area contributed by atoms with Crippen LogP contribution in [0.5, 0.6) is 0 Å². The molecule has 0 radical (unpaired) electrons. The van der Waals surface area contributed by atoms with Gasteiger partial charge < -0.3 is 14.8 Å². The van der Waals surface area contributed by atoms with Gasteiger partial charge in [-0.3, -0.25) is 9.78 Å². The molecule has 0 spiro atoms. The van der Waals surface area contributed by atoms with Gasteiger partial charge in [0, 0.05) is 6.20 Å². The highest BCUT2D eigenvalue weighted by molar-refractivity contribution is 5.90. The Morgan fingerprint density at radius 1 is 1.26 bits per heavy atom. The summed E-state index contributed by atoms with van der Waals surface area (Å²) in [5.41, 5.74) is 0.670. The van der Waals surface area contributed by atoms with Crippen LogP contribution in [0.15, 0.2) is 12.4 Å². The molecule has 126 valence electrons. The quantitative estimate of drug-likeness (QED) is 0.734. The summed E-state index contributed by atoms with van der Waals surface area (Å²) >= 11 is 0. The van der Waals surface area contributed by atoms with E-state index in [4.69, 9.17) is 4.74 Å². The zero-order chi connectivity index (χ0) is 17.4. The highest BCUT2D eigenvalue weighted by Crippen LogP contribution is 2.09. The van der Waals surface area contributed by atoms with Crippen molar-refractivity contribution in [1.82, 2.24) is 15.3 Å². The van der Waals surface area contributed by atoms with Crippen LogP contribution in [0.1, 0.15) is 36.5 Å². The second-order valence-corrected chi connectivity index (χ2v) is 5.07. The van der Waals surface area contributed by atoms with E-state index in [0.717, 1.165) is 0 Å². The van der Waals surface area contributed by atoms with E-state index < -0.39 is 30.5 Å². The third-order valence-electron chi connectivity index (χ3n) is 3.31. The Bertz CT molecular complexity index is 559. The lowest BCUT2D eigenvalue weighted by molar-refractivity contribution is -0.147. The van der Waals surface area contributed by atoms with Crippen LogP contribution in [0.4, 0.5) is 0 Å². The fraction of sp³-hybridized carbons (Fsp3) is 0.533. The van der Waals surface area contributed by atoms with Crippen molar-refractivity contribution < 1.29 is 23.9 Å². The van der Waals surface area contributed by atoms with Crippen molar-refractivity contribution >= 4 is 17.8 Å². The van der Waals surface area contributed by atoms with Crippen molar-refractivity contribution in [1.29, 1.82) is 0 Å². The number of rotatable bonds is 7. The molecule has 8 nitrogen and oxygen atoms in total. The number of hydrogen-bond acceptors (Lipinski definition) is 7. The largest absolute Gasteiger partial charge is 0.467 e. The number of esters is 2. The number of nitrogens with zero attached hydrogens (tertiary/aromatic N) is 2. The van der Waals surface area contributed by atoms with E-state index in [9.17, 15) is 14.4 Å². The van der Waals surface area contributed by atoms with Gasteiger partial charge in [0.2, 0.25) is 0 Å². The molecule has 0 bridgehead atoms. The molecule has 0 aromatic carbocycles. The average Bonchev–Trinajstić information content (AvgIpc) is 2.56. The first kappa shape index (κ1) is 18.5. The van der Waals surface area contributed by atoms with E-state index in [1.54, 1.807) is 6.92 Å². The smallest absolute Gasteiger partial charge is 0.359 e. The molecule has 0 saturated heterocycles. The molecular weight excluding hydrogens is 302 g/mol. The normalized spacial score (nSPS) is 12.9. The van der Waals surface area contributed by atoms with Crippen LogP contribution in [0.2, 0.25) is 0 Å². The van der Waals surface area contributed by atoms with Crippen LogP contribution in [0.25, 0.3) is 0 Å². The Balaban J connectivity index is 2.56. The van der Waals surface area contributed by atoms with Crippen molar-refractivity contribution in [2.45, 2.75) is 33.2 Å². The number of nitrogens with one attached hydrogen (secondary N) is 1. The number of aromatic nitrogens is 2. The molecule has 1 heterocycles. The molecule has 0 aliphatic carbocycles. The molecule has 1 rings (SSSR count). The lowest BCUT2D eigenvalue weighted by Gasteiger charge is -2.21. The average molecular weight is 323 g/mol. The predicted octanol–water partition coefficient (Wildman–Crippen LogP) is 0.646. The summed E-state index contributed by atoms with van der Waals surface area (Å²) in [7, 11) is 1.25. The second kappa shape index (κ2) is 8.82. The molecule has 1 N–H and O–H groups in total. The van der Waals surface area contributed by atoms with Crippen LogP contribution in [0, 0.1) is 12.8 Å². The van der Waals surface area contributed by atoms with Crippen LogP contribution in [-0.4, -0.2) is 47.6 Å². The van der Waals surface area contributed by atoms with Crippen molar-refractivity contribution in [2.75, 3.05) is 13.7 Å². The summed E-state index contributed by atoms with van der Waals surface area (Å²) in [5, 5.41) is 2.51. The number of carbonyl (C=O) groups is 3. The number of hydrogen-bond donors (Lipinski definition) is 1. The van der Waals surface area contributed by atoms with Crippen LogP contribution >= 0.6 is 0 Å². The molecule has 1 amide bonds. The fourth-order valence-corrected chi connectivity index (χ4v) is 1.71. The molecule has 0 fully saturated rings. The Kier molecular flexibility index (Phi) is 7.11. The molecule has 0 aliphatic rings. The van der Waals surface area contributed by atoms with Gasteiger partial charge >= 0.3 is 11.9 Å². The van der Waals surface area contributed by atoms with Crippen molar-refractivity contribution in [3.8, 4) is 0 Å². The summed E-state index contributed by atoms with van der Waals surface area (Å²) in [4.78, 5) is 43.0. The monoisotopic (exact) mass is 323 g/mol. The zero-order valence-corrected chi connectivity index (χ0v) is 13.7. The second-order valence-electron chi connectivity index (χ2n) is 5.07. The SMILES string of the molecule is CC[C@H](C)[C@H](NC(=O)COC(=O)c1cnc(C)cn1)C(=O)OC. The number of aryl methyl sites for hydroxylation is 1. The Labute approximate surface area is 134 Å². The van der Waals surface area contributed by atoms with E-state index in [2.05, 4.69) is 20.0 Å². The first-order valence-corrected chi connectivity index (χ1v) is 7.22. The number of methoxy groups -OCH3 is 1. The van der Waals surface area contributed by atoms with Gasteiger partial charge in [0.15, 0.2) is 12.3 Å². The van der Waals surface area contributed by atoms with Gasteiger partial charge in [0.1, 0.15) is 6.04 Å². The molecule has 2 atom stereocenters. The van der Waals surface area contributed by atoms with Gasteiger partial charge in [-0.05, 0) is 12.8 Å². The van der Waals surface area contributed by atoms with Crippen LogP contribution < -0.4 is 5.32 Å². The lowest BCUT2D eigenvalue weighted by Crippen LogP contribution is -2.47. The number of ether oxygens (including phenoxy) is 2. The van der Waals surface area contributed by atoms with Gasteiger partial charge in [0.25, 0.3) is 5.91 Å². The maximum atomic E-state index is 11.9. The molecule has 0 unspecified atom stereocenters. The van der Waals surface area contributed by atoms with Crippen LogP contribution in [-0.2, 0) is 19.1 Å². The van der Waals surface area contributed by atoms with Gasteiger partial charge in [0.05, 0.1) is 19.0 Å². The van der Waals surface area contributed by atoms with E-state index >= 15 is 0 Å². The minimum atomic E-state index is -0.782. The standard InChI is InChI=1S/C15H21N3O5/c1-5-9(2)13(15(21)22-4)18-12(19)8-23-14(20)11-7-16-10(3)6-17-11/h6-7,9,13H,5,8H2,1-4H3,(H,18,19)/t9-,13-/m0/s1. The van der Waals surface area contributed by atoms with Gasteiger partial charge in [-0.25, -0.2) is 14.6 Å². The van der Waals surface area contributed by atoms with Gasteiger partial charge in [-0.1, -0.05) is 20.3 Å². The maximum Gasteiger partial charge on any atom is 0.359 e. The van der Waals surface area contributed by atoms with E-state index in [0.29, 0.717) is 12.1 Å². The zero-order valence-electron chi connectivity index (χ0n) is 13.7. The summed E-state index contributed by atoms with van der Waals surface area (Å²) in [6.07, 6.45) is 3.37. The van der Waals surface area contributed by atoms with Gasteiger partial charge in [-0.15, -0.1) is 0 Å². The predicted molar refractivity (Wildman–Crippen MR) is 80.5 cm³/mol. The third-order valence-corrected chi connectivity index (χ3v) is 3.31. The van der Waals surface area contributed by atoms with Gasteiger partial charge in [-0.2, -0.15) is 0 Å². The first-order valence-electron chi connectivity index (χ1n) is 7.22. The topological polar surface area (TPSA) is 107 Å². The number of amides is 1. The molecule has 1 aromatic heterocycles. The van der Waals surface area contributed by atoms with Crippen molar-refractivity contribution in [2.24, 2.45) is 5.92 Å². The van der Waals surface area contributed by atoms with Crippen molar-refractivity contribution in [3.05, 3.63) is 23.8 Å². The van der Waals surface area contributed by atoms with E-state index in [1.807, 2.05) is 13.8 Å². The Hall–Kier alpha value is -2.51.